The van der Waals surface area contributed by atoms with Crippen molar-refractivity contribution < 1.29 is 9.53 Å². The van der Waals surface area contributed by atoms with Crippen molar-refractivity contribution in [1.82, 2.24) is 0 Å². The highest BCUT2D eigenvalue weighted by atomic mass is 16.5. The van der Waals surface area contributed by atoms with Gasteiger partial charge >= 0.3 is 5.97 Å². The van der Waals surface area contributed by atoms with Crippen LogP contribution in [0.15, 0.2) is 66.7 Å². The van der Waals surface area contributed by atoms with Crippen LogP contribution in [0, 0.1) is 0 Å². The van der Waals surface area contributed by atoms with Gasteiger partial charge in [-0.2, -0.15) is 0 Å². The number of hydrogen-bond donors (Lipinski definition) is 0. The number of ether oxygens (including phenoxy) is 1. The molecule has 0 aliphatic heterocycles. The molecule has 0 saturated carbocycles. The van der Waals surface area contributed by atoms with Crippen molar-refractivity contribution >= 4 is 38.3 Å². The normalized spacial score (nSPS) is 11.1. The van der Waals surface area contributed by atoms with E-state index in [0.29, 0.717) is 5.75 Å². The Morgan fingerprint density at radius 3 is 1.68 bits per heavy atom. The summed E-state index contributed by atoms with van der Waals surface area (Å²) in [6.07, 6.45) is 0. The maximum absolute atomic E-state index is 11.4. The van der Waals surface area contributed by atoms with Crippen LogP contribution in [0.1, 0.15) is 6.92 Å². The second-order valence-electron chi connectivity index (χ2n) is 5.36. The summed E-state index contributed by atoms with van der Waals surface area (Å²) in [5.41, 5.74) is 0. The highest BCUT2D eigenvalue weighted by Gasteiger charge is 2.12. The van der Waals surface area contributed by atoms with Gasteiger partial charge in [-0.1, -0.05) is 60.7 Å². The van der Waals surface area contributed by atoms with Gasteiger partial charge in [-0.05, 0) is 33.0 Å². The number of hydrogen-bond acceptors (Lipinski definition) is 2. The lowest BCUT2D eigenvalue weighted by atomic mass is 9.94. The number of rotatable bonds is 1. The van der Waals surface area contributed by atoms with Crippen LogP contribution in [-0.2, 0) is 4.79 Å². The van der Waals surface area contributed by atoms with Gasteiger partial charge in [0.2, 0.25) is 0 Å². The van der Waals surface area contributed by atoms with Gasteiger partial charge in [0.15, 0.2) is 0 Å². The number of carbonyl (C=O) groups is 1. The van der Waals surface area contributed by atoms with Gasteiger partial charge in [-0.3, -0.25) is 4.79 Å². The Labute approximate surface area is 127 Å². The molecule has 4 rings (SSSR count). The molecule has 0 atom stereocenters. The average Bonchev–Trinajstić information content (AvgIpc) is 2.54. The minimum atomic E-state index is -0.301. The molecule has 0 bridgehead atoms. The van der Waals surface area contributed by atoms with Crippen LogP contribution in [0.5, 0.6) is 5.75 Å². The fourth-order valence-corrected chi connectivity index (χ4v) is 3.16. The summed E-state index contributed by atoms with van der Waals surface area (Å²) in [4.78, 5) is 11.4. The molecule has 0 N–H and O–H groups in total. The lowest BCUT2D eigenvalue weighted by Crippen LogP contribution is -2.02. The summed E-state index contributed by atoms with van der Waals surface area (Å²) < 4.78 is 5.45. The van der Waals surface area contributed by atoms with E-state index in [2.05, 4.69) is 36.4 Å². The largest absolute Gasteiger partial charge is 0.426 e. The Hall–Kier alpha value is -2.87. The fourth-order valence-electron chi connectivity index (χ4n) is 3.16. The number of fused-ring (bicyclic) bond motifs is 6. The van der Waals surface area contributed by atoms with Crippen molar-refractivity contribution in [3.8, 4) is 5.75 Å². The van der Waals surface area contributed by atoms with E-state index in [4.69, 9.17) is 4.74 Å². The summed E-state index contributed by atoms with van der Waals surface area (Å²) >= 11 is 0. The molecule has 0 aliphatic carbocycles. The van der Waals surface area contributed by atoms with Crippen molar-refractivity contribution in [1.29, 1.82) is 0 Å². The van der Waals surface area contributed by atoms with Crippen LogP contribution < -0.4 is 4.74 Å². The average molecular weight is 286 g/mol. The first-order chi connectivity index (χ1) is 10.8. The first-order valence-corrected chi connectivity index (χ1v) is 7.26. The van der Waals surface area contributed by atoms with Crippen molar-refractivity contribution in [2.24, 2.45) is 0 Å². The zero-order valence-corrected chi connectivity index (χ0v) is 12.2. The molecule has 0 aromatic heterocycles. The van der Waals surface area contributed by atoms with E-state index in [-0.39, 0.29) is 5.97 Å². The van der Waals surface area contributed by atoms with Crippen molar-refractivity contribution in [3.63, 3.8) is 0 Å². The molecule has 0 saturated heterocycles. The Morgan fingerprint density at radius 1 is 0.682 bits per heavy atom. The third kappa shape index (κ3) is 1.85. The van der Waals surface area contributed by atoms with E-state index in [1.807, 2.05) is 30.3 Å². The lowest BCUT2D eigenvalue weighted by molar-refractivity contribution is -0.131. The van der Waals surface area contributed by atoms with E-state index in [9.17, 15) is 4.79 Å². The molecule has 22 heavy (non-hydrogen) atoms. The van der Waals surface area contributed by atoms with E-state index in [1.165, 1.54) is 23.1 Å². The van der Waals surface area contributed by atoms with Crippen molar-refractivity contribution in [2.45, 2.75) is 6.92 Å². The molecule has 0 radical (unpaired) electrons. The number of benzene rings is 4. The molecule has 106 valence electrons. The van der Waals surface area contributed by atoms with Gasteiger partial charge < -0.3 is 4.74 Å². The summed E-state index contributed by atoms with van der Waals surface area (Å²) in [7, 11) is 0. The molecule has 2 nitrogen and oxygen atoms in total. The van der Waals surface area contributed by atoms with Crippen molar-refractivity contribution in [3.05, 3.63) is 66.7 Å². The zero-order chi connectivity index (χ0) is 15.1. The third-order valence-electron chi connectivity index (χ3n) is 3.98. The topological polar surface area (TPSA) is 26.3 Å². The molecule has 4 aromatic rings. The maximum atomic E-state index is 11.4. The number of esters is 1. The predicted molar refractivity (Wildman–Crippen MR) is 90.3 cm³/mol. The van der Waals surface area contributed by atoms with Crippen LogP contribution in [0.2, 0.25) is 0 Å². The molecular formula is C20H14O2. The Morgan fingerprint density at radius 2 is 1.14 bits per heavy atom. The van der Waals surface area contributed by atoms with Crippen LogP contribution in [-0.4, -0.2) is 5.97 Å². The lowest BCUT2D eigenvalue weighted by Gasteiger charge is -2.13. The Bertz CT molecular complexity index is 987. The van der Waals surface area contributed by atoms with Gasteiger partial charge in [0, 0.05) is 12.3 Å². The molecule has 0 heterocycles. The van der Waals surface area contributed by atoms with Crippen LogP contribution in [0.25, 0.3) is 32.3 Å². The van der Waals surface area contributed by atoms with Gasteiger partial charge in [-0.15, -0.1) is 0 Å². The summed E-state index contributed by atoms with van der Waals surface area (Å²) in [6, 6.07) is 22.4. The second-order valence-corrected chi connectivity index (χ2v) is 5.36. The third-order valence-corrected chi connectivity index (χ3v) is 3.98. The first kappa shape index (κ1) is 12.8. The SMILES string of the molecule is CC(=O)Oc1cccc2c3ccccc3c3ccccc3c12. The van der Waals surface area contributed by atoms with Gasteiger partial charge in [0.25, 0.3) is 0 Å². The first-order valence-electron chi connectivity index (χ1n) is 7.26. The maximum Gasteiger partial charge on any atom is 0.308 e. The van der Waals surface area contributed by atoms with E-state index >= 15 is 0 Å². The van der Waals surface area contributed by atoms with Crippen LogP contribution in [0.4, 0.5) is 0 Å². The van der Waals surface area contributed by atoms with Crippen LogP contribution in [0.3, 0.4) is 0 Å². The molecule has 0 fully saturated rings. The molecule has 0 aliphatic rings. The highest BCUT2D eigenvalue weighted by molar-refractivity contribution is 6.26. The highest BCUT2D eigenvalue weighted by Crippen LogP contribution is 2.39. The molecular weight excluding hydrogens is 272 g/mol. The minimum Gasteiger partial charge on any atom is -0.426 e. The van der Waals surface area contributed by atoms with E-state index in [0.717, 1.165) is 16.2 Å². The molecule has 0 unspecified atom stereocenters. The van der Waals surface area contributed by atoms with E-state index in [1.54, 1.807) is 0 Å². The predicted octanol–water partition coefficient (Wildman–Crippen LogP) is 5.07. The van der Waals surface area contributed by atoms with Gasteiger partial charge in [0.05, 0.1) is 0 Å². The van der Waals surface area contributed by atoms with Crippen LogP contribution >= 0.6 is 0 Å². The summed E-state index contributed by atoms with van der Waals surface area (Å²) in [5.74, 6) is 0.316. The second kappa shape index (κ2) is 4.85. The molecule has 0 spiro atoms. The molecule has 0 amide bonds. The number of carbonyl (C=O) groups excluding carboxylic acids is 1. The van der Waals surface area contributed by atoms with Gasteiger partial charge in [0.1, 0.15) is 5.75 Å². The smallest absolute Gasteiger partial charge is 0.308 e. The zero-order valence-electron chi connectivity index (χ0n) is 12.2. The summed E-state index contributed by atoms with van der Waals surface area (Å²) in [6.45, 7) is 1.43. The summed E-state index contributed by atoms with van der Waals surface area (Å²) in [5, 5.41) is 6.76. The van der Waals surface area contributed by atoms with Gasteiger partial charge in [-0.25, -0.2) is 0 Å². The molecule has 4 aromatic carbocycles. The Kier molecular flexibility index (Phi) is 2.83. The molecule has 2 heteroatoms. The van der Waals surface area contributed by atoms with E-state index < -0.39 is 0 Å². The quantitative estimate of drug-likeness (QED) is 0.277. The monoisotopic (exact) mass is 286 g/mol. The Balaban J connectivity index is 2.30. The fraction of sp³-hybridized carbons (Fsp3) is 0.0500. The standard InChI is InChI=1S/C20H14O2/c1-13(21)22-19-12-6-11-18-16-8-3-2-7-14(16)15-9-4-5-10-17(15)20(18)19/h2-12H,1H3. The minimum absolute atomic E-state index is 0.301. The van der Waals surface area contributed by atoms with Crippen molar-refractivity contribution in [2.75, 3.05) is 0 Å².